The van der Waals surface area contributed by atoms with Gasteiger partial charge in [0.15, 0.2) is 0 Å². The van der Waals surface area contributed by atoms with Crippen LogP contribution in [0.5, 0.6) is 0 Å². The van der Waals surface area contributed by atoms with Crippen LogP contribution in [-0.4, -0.2) is 20.8 Å². The molecule has 3 nitrogen and oxygen atoms in total. The summed E-state index contributed by atoms with van der Waals surface area (Å²) in [5.41, 5.74) is 4.73. The molecule has 2 aromatic rings. The number of nitrogens with zero attached hydrogens (tertiary/aromatic N) is 3. The predicted molar refractivity (Wildman–Crippen MR) is 93.8 cm³/mol. The molecule has 1 saturated carbocycles. The number of hydrogen-bond donors (Lipinski definition) is 0. The van der Waals surface area contributed by atoms with Gasteiger partial charge in [-0.2, -0.15) is 4.37 Å². The second kappa shape index (κ2) is 5.11. The maximum atomic E-state index is 14.9. The molecule has 0 atom stereocenters. The first-order valence-corrected chi connectivity index (χ1v) is 8.95. The zero-order valence-electron chi connectivity index (χ0n) is 13.3. The first kappa shape index (κ1) is 14.1. The molecule has 0 unspecified atom stereocenters. The molecule has 24 heavy (non-hydrogen) atoms. The summed E-state index contributed by atoms with van der Waals surface area (Å²) in [5.74, 6) is 0.454. The van der Waals surface area contributed by atoms with E-state index in [-0.39, 0.29) is 5.83 Å². The minimum Gasteiger partial charge on any atom is -0.337 e. The van der Waals surface area contributed by atoms with E-state index in [9.17, 15) is 4.39 Å². The Morgan fingerprint density at radius 1 is 1.21 bits per heavy atom. The third-order valence-corrected chi connectivity index (χ3v) is 5.57. The van der Waals surface area contributed by atoms with Crippen LogP contribution in [-0.2, 0) is 0 Å². The van der Waals surface area contributed by atoms with Crippen LogP contribution in [0.3, 0.4) is 0 Å². The molecular weight excluding hydrogens is 321 g/mol. The molecule has 1 fully saturated rings. The highest BCUT2D eigenvalue weighted by Gasteiger charge is 2.35. The summed E-state index contributed by atoms with van der Waals surface area (Å²) in [6.07, 6.45) is 10.2. The van der Waals surface area contributed by atoms with Crippen LogP contribution < -0.4 is 9.75 Å². The van der Waals surface area contributed by atoms with Crippen LogP contribution >= 0.6 is 11.5 Å². The molecule has 0 spiro atoms. The van der Waals surface area contributed by atoms with Gasteiger partial charge in [-0.05, 0) is 55.4 Å². The highest BCUT2D eigenvalue weighted by atomic mass is 32.1. The SMILES string of the molecule is Cc1ccc(C2=C(F)CN3C(=C2)C=c2sncc2=C3C2CC2)cn1. The Balaban J connectivity index is 1.66. The molecule has 0 amide bonds. The molecule has 2 aromatic heterocycles. The predicted octanol–water partition coefficient (Wildman–Crippen LogP) is 2.74. The van der Waals surface area contributed by atoms with Gasteiger partial charge in [0, 0.05) is 39.6 Å². The molecule has 2 aliphatic heterocycles. The van der Waals surface area contributed by atoms with Gasteiger partial charge in [0.25, 0.3) is 0 Å². The third-order valence-electron chi connectivity index (χ3n) is 4.82. The van der Waals surface area contributed by atoms with E-state index < -0.39 is 0 Å². The monoisotopic (exact) mass is 337 g/mol. The average Bonchev–Trinajstić information content (AvgIpc) is 3.31. The lowest BCUT2D eigenvalue weighted by molar-refractivity contribution is 0.451. The van der Waals surface area contributed by atoms with Gasteiger partial charge in [-0.25, -0.2) is 4.39 Å². The molecule has 0 bridgehead atoms. The van der Waals surface area contributed by atoms with Crippen molar-refractivity contribution in [2.24, 2.45) is 5.92 Å². The second-order valence-electron chi connectivity index (χ2n) is 6.57. The van der Waals surface area contributed by atoms with Gasteiger partial charge in [0.2, 0.25) is 0 Å². The van der Waals surface area contributed by atoms with E-state index >= 15 is 0 Å². The minimum atomic E-state index is -0.0948. The van der Waals surface area contributed by atoms with Crippen LogP contribution in [0, 0.1) is 12.8 Å². The van der Waals surface area contributed by atoms with Crippen molar-refractivity contribution < 1.29 is 4.39 Å². The van der Waals surface area contributed by atoms with Crippen molar-refractivity contribution >= 4 is 28.9 Å². The molecular formula is C19H16FN3S. The molecule has 4 heterocycles. The van der Waals surface area contributed by atoms with Crippen LogP contribution in [0.2, 0.25) is 0 Å². The fourth-order valence-electron chi connectivity index (χ4n) is 3.45. The smallest absolute Gasteiger partial charge is 0.128 e. The first-order valence-electron chi connectivity index (χ1n) is 8.18. The van der Waals surface area contributed by atoms with Gasteiger partial charge in [-0.3, -0.25) is 4.98 Å². The fourth-order valence-corrected chi connectivity index (χ4v) is 4.15. The summed E-state index contributed by atoms with van der Waals surface area (Å²) in [4.78, 5) is 6.44. The molecule has 5 rings (SSSR count). The number of allylic oxidation sites excluding steroid dienone is 3. The van der Waals surface area contributed by atoms with E-state index in [0.29, 0.717) is 18.0 Å². The standard InChI is InChI=1S/C19H16FN3S/c1-11-2-3-13(8-21-11)15-6-14-7-18-16(9-22-24-18)19(12-4-5-12)23(14)10-17(15)20/h2-3,6-9,12H,4-5,10H2,1H3. The van der Waals surface area contributed by atoms with E-state index in [1.54, 1.807) is 6.20 Å². The average molecular weight is 337 g/mol. The van der Waals surface area contributed by atoms with Crippen molar-refractivity contribution in [2.45, 2.75) is 19.8 Å². The van der Waals surface area contributed by atoms with Crippen LogP contribution in [0.15, 0.2) is 42.1 Å². The summed E-state index contributed by atoms with van der Waals surface area (Å²) in [5, 5.41) is 1.19. The van der Waals surface area contributed by atoms with E-state index in [0.717, 1.165) is 17.0 Å². The molecule has 0 radical (unpaired) electrons. The van der Waals surface area contributed by atoms with Gasteiger partial charge in [-0.1, -0.05) is 6.07 Å². The number of aryl methyl sites for hydroxylation is 1. The van der Waals surface area contributed by atoms with Gasteiger partial charge >= 0.3 is 0 Å². The third kappa shape index (κ3) is 2.15. The highest BCUT2D eigenvalue weighted by Crippen LogP contribution is 2.43. The topological polar surface area (TPSA) is 29.0 Å². The lowest BCUT2D eigenvalue weighted by Crippen LogP contribution is -2.39. The van der Waals surface area contributed by atoms with Crippen molar-refractivity contribution in [1.82, 2.24) is 14.3 Å². The normalized spacial score (nSPS) is 19.7. The molecule has 0 N–H and O–H groups in total. The molecule has 120 valence electrons. The van der Waals surface area contributed by atoms with Crippen molar-refractivity contribution in [2.75, 3.05) is 6.54 Å². The lowest BCUT2D eigenvalue weighted by atomic mass is 9.99. The molecule has 3 aliphatic rings. The van der Waals surface area contributed by atoms with Crippen molar-refractivity contribution in [1.29, 1.82) is 0 Å². The Labute approximate surface area is 143 Å². The number of pyridine rings is 1. The van der Waals surface area contributed by atoms with Crippen molar-refractivity contribution in [3.05, 3.63) is 63.1 Å². The van der Waals surface area contributed by atoms with E-state index in [1.165, 1.54) is 39.8 Å². The molecule has 0 saturated heterocycles. The zero-order valence-corrected chi connectivity index (χ0v) is 14.1. The van der Waals surface area contributed by atoms with E-state index in [2.05, 4.69) is 20.3 Å². The zero-order chi connectivity index (χ0) is 16.3. The maximum absolute atomic E-state index is 14.9. The lowest BCUT2D eigenvalue weighted by Gasteiger charge is -2.33. The number of aromatic nitrogens is 2. The Hall–Kier alpha value is -2.27. The number of hydrogen-bond acceptors (Lipinski definition) is 4. The Kier molecular flexibility index (Phi) is 3.00. The molecule has 1 aliphatic carbocycles. The Bertz CT molecular complexity index is 1010. The second-order valence-corrected chi connectivity index (χ2v) is 7.40. The quantitative estimate of drug-likeness (QED) is 0.844. The van der Waals surface area contributed by atoms with Crippen LogP contribution in [0.25, 0.3) is 17.3 Å². The fraction of sp³-hybridized carbons (Fsp3) is 0.263. The summed E-state index contributed by atoms with van der Waals surface area (Å²) in [7, 11) is 0. The summed E-state index contributed by atoms with van der Waals surface area (Å²) < 4.78 is 20.4. The summed E-state index contributed by atoms with van der Waals surface area (Å²) in [6.45, 7) is 2.24. The summed E-state index contributed by atoms with van der Waals surface area (Å²) in [6, 6.07) is 3.87. The molecule has 5 heteroatoms. The number of fused-ring (bicyclic) bond motifs is 2. The van der Waals surface area contributed by atoms with Crippen LogP contribution in [0.4, 0.5) is 4.39 Å². The van der Waals surface area contributed by atoms with Crippen molar-refractivity contribution in [3.63, 3.8) is 0 Å². The largest absolute Gasteiger partial charge is 0.337 e. The maximum Gasteiger partial charge on any atom is 0.128 e. The van der Waals surface area contributed by atoms with Gasteiger partial charge in [-0.15, -0.1) is 0 Å². The summed E-state index contributed by atoms with van der Waals surface area (Å²) >= 11 is 1.51. The van der Waals surface area contributed by atoms with Crippen LogP contribution in [0.1, 0.15) is 24.1 Å². The van der Waals surface area contributed by atoms with Crippen molar-refractivity contribution in [3.8, 4) is 0 Å². The number of halogens is 1. The Morgan fingerprint density at radius 2 is 2.08 bits per heavy atom. The number of rotatable bonds is 2. The highest BCUT2D eigenvalue weighted by molar-refractivity contribution is 7.03. The first-order chi connectivity index (χ1) is 11.7. The minimum absolute atomic E-state index is 0.0948. The molecule has 0 aromatic carbocycles. The van der Waals surface area contributed by atoms with Gasteiger partial charge in [0.05, 0.1) is 17.3 Å². The van der Waals surface area contributed by atoms with E-state index in [1.807, 2.05) is 31.3 Å². The van der Waals surface area contributed by atoms with E-state index in [4.69, 9.17) is 0 Å². The van der Waals surface area contributed by atoms with Gasteiger partial charge in [0.1, 0.15) is 5.83 Å². The Morgan fingerprint density at radius 3 is 2.83 bits per heavy atom. The van der Waals surface area contributed by atoms with Gasteiger partial charge < -0.3 is 4.90 Å².